The maximum atomic E-state index is 9.03. The van der Waals surface area contributed by atoms with E-state index in [-0.39, 0.29) is 6.61 Å². The molecular formula is C11H12ClN3O2S. The van der Waals surface area contributed by atoms with Crippen molar-refractivity contribution in [3.63, 3.8) is 0 Å². The average Bonchev–Trinajstić information content (AvgIpc) is 2.77. The topological polar surface area (TPSA) is 67.3 Å². The number of methoxy groups -OCH3 is 1. The van der Waals surface area contributed by atoms with E-state index in [0.717, 1.165) is 10.4 Å². The van der Waals surface area contributed by atoms with Crippen molar-refractivity contribution in [3.8, 4) is 5.88 Å². The number of pyridine rings is 1. The molecule has 18 heavy (non-hydrogen) atoms. The van der Waals surface area contributed by atoms with Gasteiger partial charge >= 0.3 is 0 Å². The Morgan fingerprint density at radius 2 is 2.39 bits per heavy atom. The highest BCUT2D eigenvalue weighted by Gasteiger charge is 2.11. The molecule has 7 heteroatoms. The molecule has 0 bridgehead atoms. The largest absolute Gasteiger partial charge is 0.479 e. The van der Waals surface area contributed by atoms with E-state index in [0.29, 0.717) is 23.3 Å². The van der Waals surface area contributed by atoms with Gasteiger partial charge in [0.15, 0.2) is 0 Å². The number of hydrogen-bond donors (Lipinski definition) is 2. The summed E-state index contributed by atoms with van der Waals surface area (Å²) in [5.74, 6) is 1.13. The van der Waals surface area contributed by atoms with Crippen molar-refractivity contribution in [2.75, 3.05) is 12.4 Å². The Hall–Kier alpha value is -1.37. The van der Waals surface area contributed by atoms with Crippen molar-refractivity contribution in [2.24, 2.45) is 0 Å². The molecule has 0 saturated heterocycles. The molecule has 2 rings (SSSR count). The van der Waals surface area contributed by atoms with Crippen molar-refractivity contribution >= 4 is 29.0 Å². The maximum Gasteiger partial charge on any atom is 0.244 e. The Kier molecular flexibility index (Phi) is 4.35. The lowest BCUT2D eigenvalue weighted by Gasteiger charge is -2.05. The summed E-state index contributed by atoms with van der Waals surface area (Å²) < 4.78 is 9.07. The fraction of sp³-hybridized carbons (Fsp3) is 0.273. The maximum absolute atomic E-state index is 9.03. The third kappa shape index (κ3) is 2.90. The summed E-state index contributed by atoms with van der Waals surface area (Å²) in [6.45, 7) is 0.508. The van der Waals surface area contributed by atoms with Gasteiger partial charge < -0.3 is 15.2 Å². The Morgan fingerprint density at radius 1 is 1.56 bits per heavy atom. The number of aromatic nitrogens is 2. The van der Waals surface area contributed by atoms with Gasteiger partial charge in [-0.3, -0.25) is 0 Å². The lowest BCUT2D eigenvalue weighted by molar-refractivity contribution is 0.282. The van der Waals surface area contributed by atoms with Crippen molar-refractivity contribution < 1.29 is 9.84 Å². The molecule has 5 nitrogen and oxygen atoms in total. The zero-order valence-electron chi connectivity index (χ0n) is 9.68. The molecule has 0 amide bonds. The zero-order chi connectivity index (χ0) is 13.0. The fourth-order valence-electron chi connectivity index (χ4n) is 1.37. The summed E-state index contributed by atoms with van der Waals surface area (Å²) >= 11 is 7.36. The van der Waals surface area contributed by atoms with Gasteiger partial charge in [-0.2, -0.15) is 4.37 Å². The summed E-state index contributed by atoms with van der Waals surface area (Å²) in [6, 6.07) is 3.54. The van der Waals surface area contributed by atoms with Crippen molar-refractivity contribution in [2.45, 2.75) is 13.2 Å². The predicted molar refractivity (Wildman–Crippen MR) is 71.2 cm³/mol. The minimum atomic E-state index is -0.00760. The van der Waals surface area contributed by atoms with Crippen LogP contribution in [0.1, 0.15) is 10.4 Å². The quantitative estimate of drug-likeness (QED) is 0.882. The summed E-state index contributed by atoms with van der Waals surface area (Å²) in [4.78, 5) is 5.03. The number of nitrogens with zero attached hydrogens (tertiary/aromatic N) is 2. The monoisotopic (exact) mass is 285 g/mol. The molecule has 0 spiro atoms. The standard InChI is InChI=1S/C11H12ClN3O2S/c1-17-11-10(12)8(18-15-11)5-14-9-4-7(6-16)2-3-13-9/h2-4,16H,5-6H2,1H3,(H,13,14). The smallest absolute Gasteiger partial charge is 0.244 e. The predicted octanol–water partition coefficient (Wildman–Crippen LogP) is 2.30. The van der Waals surface area contributed by atoms with Gasteiger partial charge in [0.25, 0.3) is 0 Å². The molecule has 0 fully saturated rings. The lowest BCUT2D eigenvalue weighted by Crippen LogP contribution is -2.01. The minimum absolute atomic E-state index is 0.00760. The van der Waals surface area contributed by atoms with Crippen LogP contribution in [0.25, 0.3) is 0 Å². The molecule has 2 N–H and O–H groups in total. The second kappa shape index (κ2) is 5.99. The van der Waals surface area contributed by atoms with Crippen molar-refractivity contribution in [1.82, 2.24) is 9.36 Å². The third-order valence-corrected chi connectivity index (χ3v) is 3.63. The molecule has 96 valence electrons. The van der Waals surface area contributed by atoms with E-state index < -0.39 is 0 Å². The second-order valence-electron chi connectivity index (χ2n) is 3.49. The molecule has 0 aliphatic rings. The van der Waals surface area contributed by atoms with Crippen LogP contribution in [0.15, 0.2) is 18.3 Å². The molecule has 0 aromatic carbocycles. The molecule has 2 heterocycles. The minimum Gasteiger partial charge on any atom is -0.479 e. The van der Waals surface area contributed by atoms with Crippen molar-refractivity contribution in [3.05, 3.63) is 33.8 Å². The molecule has 0 unspecified atom stereocenters. The first-order valence-electron chi connectivity index (χ1n) is 5.22. The molecule has 0 radical (unpaired) electrons. The Balaban J connectivity index is 2.04. The summed E-state index contributed by atoms with van der Waals surface area (Å²) in [7, 11) is 1.53. The first-order chi connectivity index (χ1) is 8.74. The van der Waals surface area contributed by atoms with Crippen LogP contribution in [-0.4, -0.2) is 21.6 Å². The normalized spacial score (nSPS) is 10.4. The van der Waals surface area contributed by atoms with Crippen LogP contribution >= 0.6 is 23.1 Å². The highest BCUT2D eigenvalue weighted by molar-refractivity contribution is 7.06. The SMILES string of the molecule is COc1nsc(CNc2cc(CO)ccn2)c1Cl. The van der Waals surface area contributed by atoms with Crippen molar-refractivity contribution in [1.29, 1.82) is 0 Å². The summed E-state index contributed by atoms with van der Waals surface area (Å²) in [5.41, 5.74) is 0.806. The number of halogens is 1. The van der Waals surface area contributed by atoms with E-state index in [1.165, 1.54) is 18.6 Å². The van der Waals surface area contributed by atoms with Gasteiger partial charge in [-0.05, 0) is 29.2 Å². The first-order valence-corrected chi connectivity index (χ1v) is 6.37. The number of rotatable bonds is 5. The summed E-state index contributed by atoms with van der Waals surface area (Å²) in [6.07, 6.45) is 1.64. The molecule has 2 aromatic heterocycles. The number of ether oxygens (including phenoxy) is 1. The molecule has 0 saturated carbocycles. The van der Waals surface area contributed by atoms with Gasteiger partial charge in [0.05, 0.1) is 25.1 Å². The van der Waals surface area contributed by atoms with E-state index >= 15 is 0 Å². The van der Waals surface area contributed by atoms with Crippen LogP contribution in [0.5, 0.6) is 5.88 Å². The molecular weight excluding hydrogens is 274 g/mol. The first kappa shape index (κ1) is 13.1. The van der Waals surface area contributed by atoms with Crippen LogP contribution in [0.4, 0.5) is 5.82 Å². The van der Waals surface area contributed by atoms with Gasteiger partial charge in [-0.25, -0.2) is 4.98 Å². The Labute approximate surface area is 114 Å². The third-order valence-electron chi connectivity index (χ3n) is 2.30. The van der Waals surface area contributed by atoms with Gasteiger partial charge in [0.1, 0.15) is 10.8 Å². The Morgan fingerprint density at radius 3 is 3.06 bits per heavy atom. The number of aliphatic hydroxyl groups excluding tert-OH is 1. The molecule has 0 atom stereocenters. The fourth-order valence-corrected chi connectivity index (χ4v) is 2.38. The Bertz CT molecular complexity index is 533. The van der Waals surface area contributed by atoms with Gasteiger partial charge in [0, 0.05) is 6.20 Å². The second-order valence-corrected chi connectivity index (χ2v) is 4.73. The number of hydrogen-bond acceptors (Lipinski definition) is 6. The van der Waals surface area contributed by atoms with E-state index in [2.05, 4.69) is 14.7 Å². The van der Waals surface area contributed by atoms with E-state index in [4.69, 9.17) is 21.4 Å². The number of anilines is 1. The van der Waals surface area contributed by atoms with Gasteiger partial charge in [0.2, 0.25) is 5.88 Å². The lowest BCUT2D eigenvalue weighted by atomic mass is 10.3. The van der Waals surface area contributed by atoms with E-state index in [1.807, 2.05) is 0 Å². The average molecular weight is 286 g/mol. The zero-order valence-corrected chi connectivity index (χ0v) is 11.3. The van der Waals surface area contributed by atoms with Crippen LogP contribution in [0, 0.1) is 0 Å². The van der Waals surface area contributed by atoms with E-state index in [1.54, 1.807) is 18.3 Å². The summed E-state index contributed by atoms with van der Waals surface area (Å²) in [5, 5.41) is 12.7. The molecule has 2 aromatic rings. The van der Waals surface area contributed by atoms with Gasteiger partial charge in [-0.1, -0.05) is 11.6 Å². The molecule has 0 aliphatic carbocycles. The highest BCUT2D eigenvalue weighted by atomic mass is 35.5. The highest BCUT2D eigenvalue weighted by Crippen LogP contribution is 2.30. The van der Waals surface area contributed by atoms with Gasteiger partial charge in [-0.15, -0.1) is 0 Å². The van der Waals surface area contributed by atoms with Crippen LogP contribution in [0.3, 0.4) is 0 Å². The van der Waals surface area contributed by atoms with Crippen LogP contribution in [-0.2, 0) is 13.2 Å². The number of aliphatic hydroxyl groups is 1. The number of nitrogens with one attached hydrogen (secondary N) is 1. The molecule has 0 aliphatic heterocycles. The van der Waals surface area contributed by atoms with Crippen LogP contribution in [0.2, 0.25) is 5.02 Å². The van der Waals surface area contributed by atoms with Crippen LogP contribution < -0.4 is 10.1 Å². The van der Waals surface area contributed by atoms with E-state index in [9.17, 15) is 0 Å².